The normalized spacial score (nSPS) is 11.0. The number of fused-ring (bicyclic) bond motifs is 1. The summed E-state index contributed by atoms with van der Waals surface area (Å²) in [4.78, 5) is 25.6. The molecule has 140 valence electrons. The number of nitrogens with one attached hydrogen (secondary N) is 1. The van der Waals surface area contributed by atoms with Gasteiger partial charge in [0.1, 0.15) is 11.5 Å². The quantitative estimate of drug-likeness (QED) is 0.596. The van der Waals surface area contributed by atoms with Gasteiger partial charge in [0.2, 0.25) is 0 Å². The van der Waals surface area contributed by atoms with Crippen molar-refractivity contribution in [1.82, 2.24) is 14.3 Å². The molecule has 0 fully saturated rings. The molecule has 28 heavy (non-hydrogen) atoms. The van der Waals surface area contributed by atoms with E-state index in [-0.39, 0.29) is 16.8 Å². The van der Waals surface area contributed by atoms with E-state index in [1.807, 2.05) is 6.07 Å². The molecule has 0 saturated carbocycles. The van der Waals surface area contributed by atoms with Crippen LogP contribution in [0.4, 0.5) is 10.1 Å². The van der Waals surface area contributed by atoms with Crippen LogP contribution in [0.2, 0.25) is 0 Å². The van der Waals surface area contributed by atoms with E-state index in [1.54, 1.807) is 67.3 Å². The molecule has 4 rings (SSSR count). The summed E-state index contributed by atoms with van der Waals surface area (Å²) in [6.45, 7) is 1.65. The second kappa shape index (κ2) is 6.77. The Morgan fingerprint density at radius 2 is 1.86 bits per heavy atom. The largest absolute Gasteiger partial charge is 0.356 e. The molecule has 0 aliphatic carbocycles. The first kappa shape index (κ1) is 17.7. The number of nitrogens with zero attached hydrogens (tertiary/aromatic N) is 3. The van der Waals surface area contributed by atoms with E-state index >= 15 is 0 Å². The average Bonchev–Trinajstić information content (AvgIpc) is 3.01. The van der Waals surface area contributed by atoms with Crippen LogP contribution in [0.5, 0.6) is 0 Å². The second-order valence-corrected chi connectivity index (χ2v) is 6.57. The highest BCUT2D eigenvalue weighted by atomic mass is 19.1. The first-order valence-electron chi connectivity index (χ1n) is 8.66. The lowest BCUT2D eigenvalue weighted by Gasteiger charge is -2.10. The van der Waals surface area contributed by atoms with E-state index in [9.17, 15) is 14.0 Å². The number of hydrogen-bond acceptors (Lipinski definition) is 3. The van der Waals surface area contributed by atoms with Crippen LogP contribution in [0, 0.1) is 12.7 Å². The Bertz CT molecular complexity index is 1210. The highest BCUT2D eigenvalue weighted by Gasteiger charge is 2.24. The van der Waals surface area contributed by atoms with Gasteiger partial charge < -0.3 is 9.88 Å². The number of aromatic nitrogens is 3. The summed E-state index contributed by atoms with van der Waals surface area (Å²) in [5, 5.41) is 7.04. The molecule has 0 radical (unpaired) electrons. The van der Waals surface area contributed by atoms with Gasteiger partial charge in [-0.05, 0) is 36.8 Å². The monoisotopic (exact) mass is 376 g/mol. The van der Waals surface area contributed by atoms with Crippen molar-refractivity contribution in [2.24, 2.45) is 7.05 Å². The lowest BCUT2D eigenvalue weighted by atomic mass is 10.1. The molecule has 0 bridgehead atoms. The Labute approximate surface area is 160 Å². The maximum atomic E-state index is 13.8. The van der Waals surface area contributed by atoms with Crippen molar-refractivity contribution in [2.75, 3.05) is 5.32 Å². The highest BCUT2D eigenvalue weighted by Crippen LogP contribution is 2.23. The third-order valence-corrected chi connectivity index (χ3v) is 4.47. The molecule has 0 unspecified atom stereocenters. The number of carbonyl (C=O) groups is 1. The Morgan fingerprint density at radius 1 is 1.11 bits per heavy atom. The fourth-order valence-electron chi connectivity index (χ4n) is 3.02. The van der Waals surface area contributed by atoms with E-state index in [2.05, 4.69) is 10.4 Å². The zero-order valence-electron chi connectivity index (χ0n) is 15.3. The van der Waals surface area contributed by atoms with Crippen LogP contribution in [-0.4, -0.2) is 20.3 Å². The summed E-state index contributed by atoms with van der Waals surface area (Å²) in [5.41, 5.74) is 1.96. The molecule has 2 aromatic rings. The van der Waals surface area contributed by atoms with Crippen LogP contribution in [-0.2, 0) is 7.05 Å². The van der Waals surface area contributed by atoms with Crippen molar-refractivity contribution in [3.8, 4) is 16.9 Å². The summed E-state index contributed by atoms with van der Waals surface area (Å²) in [7, 11) is 1.72. The smallest absolute Gasteiger partial charge is 0.282 e. The fourth-order valence-corrected chi connectivity index (χ4v) is 3.02. The minimum atomic E-state index is -0.470. The van der Waals surface area contributed by atoms with Crippen molar-refractivity contribution >= 4 is 11.6 Å². The molecule has 2 aliphatic heterocycles. The Morgan fingerprint density at radius 3 is 2.57 bits per heavy atom. The van der Waals surface area contributed by atoms with Gasteiger partial charge >= 0.3 is 0 Å². The molecular weight excluding hydrogens is 359 g/mol. The van der Waals surface area contributed by atoms with Crippen LogP contribution in [0.1, 0.15) is 15.9 Å². The molecule has 7 heteroatoms. The third-order valence-electron chi connectivity index (χ3n) is 4.47. The molecule has 1 N–H and O–H groups in total. The maximum Gasteiger partial charge on any atom is 0.282 e. The Balaban J connectivity index is 1.79. The molecule has 0 spiro atoms. The summed E-state index contributed by atoms with van der Waals surface area (Å²) < 4.78 is 16.7. The van der Waals surface area contributed by atoms with Gasteiger partial charge in [0.25, 0.3) is 11.5 Å². The van der Waals surface area contributed by atoms with Crippen molar-refractivity contribution in [3.05, 3.63) is 88.2 Å². The number of pyridine rings is 1. The SMILES string of the molecule is Cc1ccc(NC(=O)c2cn(C)cc3c(=O)n(-c4ccccc4)nc2-3)cc1F. The van der Waals surface area contributed by atoms with Crippen molar-refractivity contribution in [1.29, 1.82) is 0 Å². The number of hydrogen-bond donors (Lipinski definition) is 1. The molecule has 0 atom stereocenters. The molecule has 2 aromatic carbocycles. The van der Waals surface area contributed by atoms with Crippen LogP contribution in [0.3, 0.4) is 0 Å². The molecule has 0 saturated heterocycles. The third kappa shape index (κ3) is 3.07. The first-order valence-corrected chi connectivity index (χ1v) is 8.66. The predicted octanol–water partition coefficient (Wildman–Crippen LogP) is 3.38. The van der Waals surface area contributed by atoms with Gasteiger partial charge in [0, 0.05) is 25.1 Å². The van der Waals surface area contributed by atoms with Crippen LogP contribution in [0.25, 0.3) is 16.9 Å². The topological polar surface area (TPSA) is 68.9 Å². The van der Waals surface area contributed by atoms with Crippen molar-refractivity contribution in [3.63, 3.8) is 0 Å². The molecule has 6 nitrogen and oxygen atoms in total. The summed E-state index contributed by atoms with van der Waals surface area (Å²) in [6, 6.07) is 13.5. The van der Waals surface area contributed by atoms with Gasteiger partial charge in [0.15, 0.2) is 0 Å². The summed E-state index contributed by atoms with van der Waals surface area (Å²) in [6.07, 6.45) is 3.22. The lowest BCUT2D eigenvalue weighted by molar-refractivity contribution is 0.102. The maximum absolute atomic E-state index is 13.8. The zero-order valence-corrected chi connectivity index (χ0v) is 15.3. The van der Waals surface area contributed by atoms with Gasteiger partial charge in [-0.15, -0.1) is 0 Å². The number of para-hydroxylation sites is 1. The van der Waals surface area contributed by atoms with Gasteiger partial charge in [-0.1, -0.05) is 24.3 Å². The number of carbonyl (C=O) groups excluding carboxylic acids is 1. The van der Waals surface area contributed by atoms with E-state index in [0.29, 0.717) is 22.5 Å². The summed E-state index contributed by atoms with van der Waals surface area (Å²) in [5.74, 6) is -0.876. The van der Waals surface area contributed by atoms with Crippen molar-refractivity contribution < 1.29 is 9.18 Å². The number of amides is 1. The minimum Gasteiger partial charge on any atom is -0.356 e. The number of benzene rings is 2. The average molecular weight is 376 g/mol. The van der Waals surface area contributed by atoms with E-state index < -0.39 is 11.7 Å². The standard InChI is InChI=1S/C21H17FN4O2/c1-13-8-9-14(10-18(13)22)23-20(27)16-11-25(2)12-17-19(16)24-26(21(17)28)15-6-4-3-5-7-15/h3-12H,1-2H3,(H,23,27). The lowest BCUT2D eigenvalue weighted by Crippen LogP contribution is -2.17. The van der Waals surface area contributed by atoms with Crippen LogP contribution in [0.15, 0.2) is 65.7 Å². The Kier molecular flexibility index (Phi) is 4.27. The van der Waals surface area contributed by atoms with E-state index in [1.165, 1.54) is 10.7 Å². The molecule has 1 amide bonds. The number of rotatable bonds is 3. The number of anilines is 1. The van der Waals surface area contributed by atoms with Gasteiger partial charge in [-0.3, -0.25) is 9.59 Å². The molecule has 2 aliphatic rings. The molecular formula is C21H17FN4O2. The molecule has 0 aromatic heterocycles. The fraction of sp³-hybridized carbons (Fsp3) is 0.0952. The summed E-state index contributed by atoms with van der Waals surface area (Å²) >= 11 is 0. The van der Waals surface area contributed by atoms with Crippen molar-refractivity contribution in [2.45, 2.75) is 6.92 Å². The van der Waals surface area contributed by atoms with E-state index in [0.717, 1.165) is 0 Å². The van der Waals surface area contributed by atoms with Gasteiger partial charge in [-0.25, -0.2) is 4.39 Å². The molecule has 2 heterocycles. The predicted molar refractivity (Wildman–Crippen MR) is 105 cm³/mol. The van der Waals surface area contributed by atoms with Gasteiger partial charge in [0.05, 0.1) is 16.8 Å². The second-order valence-electron chi connectivity index (χ2n) is 6.57. The Hall–Kier alpha value is -3.74. The van der Waals surface area contributed by atoms with E-state index in [4.69, 9.17) is 0 Å². The van der Waals surface area contributed by atoms with Gasteiger partial charge in [-0.2, -0.15) is 9.78 Å². The first-order chi connectivity index (χ1) is 13.4. The number of aryl methyl sites for hydroxylation is 2. The number of halogens is 1. The minimum absolute atomic E-state index is 0.229. The van der Waals surface area contributed by atoms with Crippen LogP contribution < -0.4 is 10.9 Å². The zero-order chi connectivity index (χ0) is 19.8. The van der Waals surface area contributed by atoms with Crippen LogP contribution >= 0.6 is 0 Å². The highest BCUT2D eigenvalue weighted by molar-refractivity contribution is 6.08.